The summed E-state index contributed by atoms with van der Waals surface area (Å²) in [5, 5.41) is 6.71. The van der Waals surface area contributed by atoms with E-state index in [1.54, 1.807) is 0 Å². The first-order valence-electron chi connectivity index (χ1n) is 3.95. The van der Waals surface area contributed by atoms with Gasteiger partial charge in [0, 0.05) is 13.2 Å². The zero-order valence-corrected chi connectivity index (χ0v) is 8.15. The van der Waals surface area contributed by atoms with E-state index in [2.05, 4.69) is 10.2 Å². The molecule has 0 atom stereocenters. The minimum absolute atomic E-state index is 0.659. The Balaban J connectivity index is 2.56. The number of rotatable bonds is 4. The third kappa shape index (κ3) is 2.15. The normalized spacial score (nSPS) is 10.5. The highest BCUT2D eigenvalue weighted by atomic mass is 32.1. The fourth-order valence-corrected chi connectivity index (χ4v) is 1.23. The Kier molecular flexibility index (Phi) is 3.43. The van der Waals surface area contributed by atoms with Crippen molar-refractivity contribution in [2.75, 3.05) is 13.2 Å². The summed E-state index contributed by atoms with van der Waals surface area (Å²) >= 11 is 5.01. The van der Waals surface area contributed by atoms with Crippen molar-refractivity contribution in [1.82, 2.24) is 14.8 Å². The highest BCUT2D eigenvalue weighted by molar-refractivity contribution is 7.71. The van der Waals surface area contributed by atoms with Gasteiger partial charge in [-0.2, -0.15) is 5.10 Å². The van der Waals surface area contributed by atoms with E-state index < -0.39 is 0 Å². The summed E-state index contributed by atoms with van der Waals surface area (Å²) in [6, 6.07) is 0. The van der Waals surface area contributed by atoms with Gasteiger partial charge in [0.15, 0.2) is 4.77 Å². The molecule has 0 saturated carbocycles. The van der Waals surface area contributed by atoms with Gasteiger partial charge in [0.25, 0.3) is 0 Å². The van der Waals surface area contributed by atoms with Crippen LogP contribution in [0, 0.1) is 11.7 Å². The fraction of sp³-hybridized carbons (Fsp3) is 0.714. The second-order valence-corrected chi connectivity index (χ2v) is 2.81. The van der Waals surface area contributed by atoms with E-state index >= 15 is 0 Å². The number of H-pyrrole nitrogens is 1. The van der Waals surface area contributed by atoms with Crippen molar-refractivity contribution >= 4 is 12.2 Å². The lowest BCUT2D eigenvalue weighted by Gasteiger charge is -2.02. The van der Waals surface area contributed by atoms with E-state index in [1.165, 1.54) is 0 Å². The van der Waals surface area contributed by atoms with Gasteiger partial charge in [0.2, 0.25) is 0 Å². The first-order chi connectivity index (χ1) is 5.75. The molecule has 4 nitrogen and oxygen atoms in total. The first kappa shape index (κ1) is 9.41. The SMILES string of the molecule is CCOCCn1c(C)n[nH]c1=S. The van der Waals surface area contributed by atoms with Crippen molar-refractivity contribution in [3.05, 3.63) is 10.6 Å². The Morgan fingerprint density at radius 2 is 2.42 bits per heavy atom. The van der Waals surface area contributed by atoms with Gasteiger partial charge in [-0.25, -0.2) is 0 Å². The summed E-state index contributed by atoms with van der Waals surface area (Å²) in [6.45, 7) is 6.09. The quantitative estimate of drug-likeness (QED) is 0.570. The number of aromatic nitrogens is 3. The highest BCUT2D eigenvalue weighted by Gasteiger charge is 1.98. The highest BCUT2D eigenvalue weighted by Crippen LogP contribution is 1.95. The zero-order valence-electron chi connectivity index (χ0n) is 7.33. The number of ether oxygens (including phenoxy) is 1. The van der Waals surface area contributed by atoms with Crippen LogP contribution in [-0.4, -0.2) is 28.0 Å². The summed E-state index contributed by atoms with van der Waals surface area (Å²) in [4.78, 5) is 0. The molecule has 0 amide bonds. The van der Waals surface area contributed by atoms with Gasteiger partial charge in [-0.1, -0.05) is 0 Å². The molecule has 12 heavy (non-hydrogen) atoms. The van der Waals surface area contributed by atoms with Crippen LogP contribution in [0.25, 0.3) is 0 Å². The molecule has 1 heterocycles. The molecule has 0 spiro atoms. The average Bonchev–Trinajstić information content (AvgIpc) is 2.35. The van der Waals surface area contributed by atoms with Gasteiger partial charge >= 0.3 is 0 Å². The number of hydrogen-bond donors (Lipinski definition) is 1. The van der Waals surface area contributed by atoms with Gasteiger partial charge in [-0.05, 0) is 26.1 Å². The largest absolute Gasteiger partial charge is 0.380 e. The molecule has 1 N–H and O–H groups in total. The standard InChI is InChI=1S/C7H13N3OS/c1-3-11-5-4-10-6(2)8-9-7(10)12/h3-5H2,1-2H3,(H,9,12). The van der Waals surface area contributed by atoms with E-state index in [-0.39, 0.29) is 0 Å². The average molecular weight is 187 g/mol. The first-order valence-corrected chi connectivity index (χ1v) is 4.36. The summed E-state index contributed by atoms with van der Waals surface area (Å²) in [6.07, 6.45) is 0. The second kappa shape index (κ2) is 4.37. The molecule has 1 aromatic heterocycles. The summed E-state index contributed by atoms with van der Waals surface area (Å²) in [5.41, 5.74) is 0. The van der Waals surface area contributed by atoms with Crippen molar-refractivity contribution in [3.63, 3.8) is 0 Å². The lowest BCUT2D eigenvalue weighted by atomic mass is 10.6. The van der Waals surface area contributed by atoms with Crippen molar-refractivity contribution in [1.29, 1.82) is 0 Å². The Morgan fingerprint density at radius 3 is 2.92 bits per heavy atom. The molecule has 0 aliphatic rings. The molecule has 0 radical (unpaired) electrons. The minimum atomic E-state index is 0.659. The van der Waals surface area contributed by atoms with E-state index in [4.69, 9.17) is 17.0 Å². The van der Waals surface area contributed by atoms with Crippen LogP contribution in [0.2, 0.25) is 0 Å². The van der Waals surface area contributed by atoms with Gasteiger partial charge in [-0.3, -0.25) is 5.10 Å². The third-order valence-corrected chi connectivity index (χ3v) is 1.92. The third-order valence-electron chi connectivity index (χ3n) is 1.61. The second-order valence-electron chi connectivity index (χ2n) is 2.42. The van der Waals surface area contributed by atoms with Crippen LogP contribution < -0.4 is 0 Å². The van der Waals surface area contributed by atoms with Crippen LogP contribution in [0.3, 0.4) is 0 Å². The Bertz CT molecular complexity index is 291. The lowest BCUT2D eigenvalue weighted by molar-refractivity contribution is 0.138. The molecule has 0 bridgehead atoms. The van der Waals surface area contributed by atoms with Crippen LogP contribution >= 0.6 is 12.2 Å². The monoisotopic (exact) mass is 187 g/mol. The Labute approximate surface area is 76.6 Å². The number of nitrogens with zero attached hydrogens (tertiary/aromatic N) is 2. The van der Waals surface area contributed by atoms with Gasteiger partial charge in [0.1, 0.15) is 5.82 Å². The van der Waals surface area contributed by atoms with Crippen LogP contribution in [0.1, 0.15) is 12.7 Å². The van der Waals surface area contributed by atoms with Crippen LogP contribution in [0.4, 0.5) is 0 Å². The van der Waals surface area contributed by atoms with Crippen LogP contribution in [0.5, 0.6) is 0 Å². The predicted octanol–water partition coefficient (Wildman–Crippen LogP) is 1.29. The van der Waals surface area contributed by atoms with E-state index in [9.17, 15) is 0 Å². The maximum absolute atomic E-state index is 5.21. The molecule has 68 valence electrons. The molecule has 5 heteroatoms. The maximum atomic E-state index is 5.21. The molecular formula is C7H13N3OS. The molecule has 0 fully saturated rings. The van der Waals surface area contributed by atoms with E-state index in [0.717, 1.165) is 19.0 Å². The molecule has 1 rings (SSSR count). The molecule has 0 aliphatic heterocycles. The van der Waals surface area contributed by atoms with Gasteiger partial charge < -0.3 is 9.30 Å². The lowest BCUT2D eigenvalue weighted by Crippen LogP contribution is -2.07. The Hall–Kier alpha value is -0.680. The van der Waals surface area contributed by atoms with Crippen molar-refractivity contribution < 1.29 is 4.74 Å². The zero-order chi connectivity index (χ0) is 8.97. The number of aryl methyl sites for hydroxylation is 1. The van der Waals surface area contributed by atoms with Crippen LogP contribution in [0.15, 0.2) is 0 Å². The van der Waals surface area contributed by atoms with E-state index in [1.807, 2.05) is 18.4 Å². The molecule has 1 aromatic rings. The molecule has 0 unspecified atom stereocenters. The summed E-state index contributed by atoms with van der Waals surface area (Å²) < 4.78 is 7.79. The van der Waals surface area contributed by atoms with E-state index in [0.29, 0.717) is 11.4 Å². The van der Waals surface area contributed by atoms with Crippen molar-refractivity contribution in [3.8, 4) is 0 Å². The minimum Gasteiger partial charge on any atom is -0.380 e. The maximum Gasteiger partial charge on any atom is 0.195 e. The summed E-state index contributed by atoms with van der Waals surface area (Å²) in [7, 11) is 0. The van der Waals surface area contributed by atoms with Gasteiger partial charge in [0.05, 0.1) is 6.61 Å². The van der Waals surface area contributed by atoms with Crippen molar-refractivity contribution in [2.24, 2.45) is 0 Å². The molecule has 0 aliphatic carbocycles. The fourth-order valence-electron chi connectivity index (χ4n) is 0.960. The number of hydrogen-bond acceptors (Lipinski definition) is 3. The smallest absolute Gasteiger partial charge is 0.195 e. The number of nitrogens with one attached hydrogen (secondary N) is 1. The summed E-state index contributed by atoms with van der Waals surface area (Å²) in [5.74, 6) is 0.903. The van der Waals surface area contributed by atoms with Crippen molar-refractivity contribution in [2.45, 2.75) is 20.4 Å². The Morgan fingerprint density at radius 1 is 1.67 bits per heavy atom. The molecule has 0 saturated heterocycles. The predicted molar refractivity (Wildman–Crippen MR) is 48.6 cm³/mol. The van der Waals surface area contributed by atoms with Crippen LogP contribution in [-0.2, 0) is 11.3 Å². The number of aromatic amines is 1. The van der Waals surface area contributed by atoms with Gasteiger partial charge in [-0.15, -0.1) is 0 Å². The molecule has 0 aromatic carbocycles. The molecular weight excluding hydrogens is 174 g/mol. The topological polar surface area (TPSA) is 42.8 Å².